The zero-order valence-corrected chi connectivity index (χ0v) is 11.4. The summed E-state index contributed by atoms with van der Waals surface area (Å²) in [5.41, 5.74) is 2.23. The molecule has 2 fully saturated rings. The number of rotatable bonds is 2. The quantitative estimate of drug-likeness (QED) is 0.900. The minimum Gasteiger partial charge on any atom is -0.462 e. The van der Waals surface area contributed by atoms with Crippen LogP contribution >= 0.6 is 0 Å². The molecule has 20 heavy (non-hydrogen) atoms. The summed E-state index contributed by atoms with van der Waals surface area (Å²) < 4.78 is 5.36. The fourth-order valence-corrected chi connectivity index (χ4v) is 3.37. The van der Waals surface area contributed by atoms with E-state index in [0.717, 1.165) is 29.6 Å². The Labute approximate surface area is 117 Å². The molecule has 4 heterocycles. The van der Waals surface area contributed by atoms with E-state index < -0.39 is 0 Å². The van der Waals surface area contributed by atoms with E-state index in [9.17, 15) is 4.79 Å². The van der Waals surface area contributed by atoms with Gasteiger partial charge < -0.3 is 14.6 Å². The van der Waals surface area contributed by atoms with Gasteiger partial charge in [0.2, 0.25) is 0 Å². The van der Waals surface area contributed by atoms with E-state index in [-0.39, 0.29) is 11.9 Å². The third-order valence-corrected chi connectivity index (χ3v) is 4.54. The Hall–Kier alpha value is -1.88. The van der Waals surface area contributed by atoms with Crippen molar-refractivity contribution in [2.45, 2.75) is 19.4 Å². The van der Waals surface area contributed by atoms with Gasteiger partial charge in [-0.1, -0.05) is 0 Å². The molecule has 2 aromatic rings. The van der Waals surface area contributed by atoms with Crippen molar-refractivity contribution in [2.24, 2.45) is 5.92 Å². The van der Waals surface area contributed by atoms with E-state index in [1.807, 2.05) is 13.0 Å². The second-order valence-electron chi connectivity index (χ2n) is 5.87. The normalized spacial score (nSPS) is 28.1. The van der Waals surface area contributed by atoms with E-state index in [1.54, 1.807) is 12.5 Å². The van der Waals surface area contributed by atoms with Gasteiger partial charge in [-0.25, -0.2) is 4.98 Å². The first-order valence-corrected chi connectivity index (χ1v) is 7.08. The van der Waals surface area contributed by atoms with Crippen molar-refractivity contribution in [3.63, 3.8) is 0 Å². The van der Waals surface area contributed by atoms with Crippen LogP contribution in [0, 0.1) is 12.8 Å². The lowest BCUT2D eigenvalue weighted by Crippen LogP contribution is -2.43. The molecule has 104 valence electrons. The Morgan fingerprint density at radius 3 is 3.15 bits per heavy atom. The summed E-state index contributed by atoms with van der Waals surface area (Å²) in [5, 5.41) is 4.09. The van der Waals surface area contributed by atoms with Crippen molar-refractivity contribution in [1.82, 2.24) is 15.2 Å². The van der Waals surface area contributed by atoms with Crippen LogP contribution in [0.1, 0.15) is 22.5 Å². The fourth-order valence-electron chi connectivity index (χ4n) is 3.37. The highest BCUT2D eigenvalue weighted by molar-refractivity contribution is 5.96. The largest absolute Gasteiger partial charge is 0.462 e. The molecule has 2 aromatic heterocycles. The molecule has 2 saturated heterocycles. The molecule has 5 nitrogen and oxygen atoms in total. The van der Waals surface area contributed by atoms with Gasteiger partial charge in [-0.15, -0.1) is 0 Å². The number of furan rings is 1. The van der Waals surface area contributed by atoms with Crippen LogP contribution in [0.2, 0.25) is 0 Å². The van der Waals surface area contributed by atoms with Crippen molar-refractivity contribution in [3.05, 3.63) is 29.8 Å². The minimum absolute atomic E-state index is 0.0775. The summed E-state index contributed by atoms with van der Waals surface area (Å²) >= 11 is 0. The maximum absolute atomic E-state index is 12.3. The van der Waals surface area contributed by atoms with Gasteiger partial charge in [-0.05, 0) is 37.4 Å². The highest BCUT2D eigenvalue weighted by Crippen LogP contribution is 2.28. The molecule has 1 N–H and O–H groups in total. The molecule has 2 bridgehead atoms. The van der Waals surface area contributed by atoms with E-state index in [0.29, 0.717) is 11.6 Å². The number of carbonyl (C=O) groups excluding carboxylic acids is 1. The van der Waals surface area contributed by atoms with Gasteiger partial charge in [0.15, 0.2) is 5.58 Å². The number of carbonyl (C=O) groups is 1. The minimum atomic E-state index is -0.0775. The lowest BCUT2D eigenvalue weighted by Gasteiger charge is -2.22. The molecule has 0 spiro atoms. The van der Waals surface area contributed by atoms with Gasteiger partial charge in [0.25, 0.3) is 5.91 Å². The molecule has 0 aliphatic carbocycles. The number of piperidine rings is 1. The molecule has 5 heteroatoms. The Bertz CT molecular complexity index is 679. The molecule has 2 aliphatic heterocycles. The Kier molecular flexibility index (Phi) is 2.57. The maximum atomic E-state index is 12.3. The Morgan fingerprint density at radius 2 is 2.40 bits per heavy atom. The number of aryl methyl sites for hydroxylation is 1. The van der Waals surface area contributed by atoms with Crippen LogP contribution in [0.25, 0.3) is 11.0 Å². The second kappa shape index (κ2) is 4.31. The first-order valence-electron chi connectivity index (χ1n) is 7.08. The van der Waals surface area contributed by atoms with Crippen LogP contribution in [-0.4, -0.2) is 41.5 Å². The van der Waals surface area contributed by atoms with E-state index in [1.165, 1.54) is 13.0 Å². The maximum Gasteiger partial charge on any atom is 0.270 e. The molecular formula is C15H17N3O2. The monoisotopic (exact) mass is 271 g/mol. The van der Waals surface area contributed by atoms with Gasteiger partial charge in [0.1, 0.15) is 5.69 Å². The summed E-state index contributed by atoms with van der Waals surface area (Å²) in [4.78, 5) is 18.9. The van der Waals surface area contributed by atoms with Crippen molar-refractivity contribution < 1.29 is 9.21 Å². The average molecular weight is 271 g/mol. The van der Waals surface area contributed by atoms with E-state index in [4.69, 9.17) is 4.42 Å². The van der Waals surface area contributed by atoms with Gasteiger partial charge in [-0.3, -0.25) is 4.79 Å². The number of nitrogens with zero attached hydrogens (tertiary/aromatic N) is 2. The van der Waals surface area contributed by atoms with Gasteiger partial charge in [-0.2, -0.15) is 0 Å². The molecule has 4 rings (SSSR count). The number of pyridine rings is 1. The van der Waals surface area contributed by atoms with Crippen molar-refractivity contribution in [2.75, 3.05) is 19.6 Å². The molecule has 0 radical (unpaired) electrons. The predicted molar refractivity (Wildman–Crippen MR) is 74.5 cm³/mol. The second-order valence-corrected chi connectivity index (χ2v) is 5.87. The van der Waals surface area contributed by atoms with Crippen LogP contribution in [-0.2, 0) is 0 Å². The Balaban J connectivity index is 1.56. The number of hydrogen-bond donors (Lipinski definition) is 1. The van der Waals surface area contributed by atoms with E-state index >= 15 is 0 Å². The number of fused-ring (bicyclic) bond motifs is 3. The summed E-state index contributed by atoms with van der Waals surface area (Å²) in [6.07, 6.45) is 4.51. The lowest BCUT2D eigenvalue weighted by atomic mass is 10.00. The van der Waals surface area contributed by atoms with Gasteiger partial charge in [0, 0.05) is 24.5 Å². The number of nitrogens with one attached hydrogen (secondary N) is 1. The van der Waals surface area contributed by atoms with Crippen LogP contribution in [0.15, 0.2) is 22.9 Å². The molecule has 2 unspecified atom stereocenters. The van der Waals surface area contributed by atoms with Crippen molar-refractivity contribution >= 4 is 16.9 Å². The molecular weight excluding hydrogens is 254 g/mol. The zero-order chi connectivity index (χ0) is 13.7. The van der Waals surface area contributed by atoms with Gasteiger partial charge in [0.05, 0.1) is 12.5 Å². The zero-order valence-electron chi connectivity index (χ0n) is 11.4. The molecule has 0 saturated carbocycles. The number of aromatic nitrogens is 1. The Morgan fingerprint density at radius 1 is 1.50 bits per heavy atom. The third-order valence-electron chi connectivity index (χ3n) is 4.54. The third kappa shape index (κ3) is 1.81. The summed E-state index contributed by atoms with van der Waals surface area (Å²) in [7, 11) is 0. The smallest absolute Gasteiger partial charge is 0.270 e. The van der Waals surface area contributed by atoms with Crippen molar-refractivity contribution in [3.8, 4) is 0 Å². The van der Waals surface area contributed by atoms with Crippen molar-refractivity contribution in [1.29, 1.82) is 0 Å². The summed E-state index contributed by atoms with van der Waals surface area (Å²) in [5.74, 6) is 0.532. The first-order chi connectivity index (χ1) is 9.70. The SMILES string of the molecule is Cc1coc2cnc(C(=O)N[C@@H]3CN4CCC3C4)cc12. The number of hydrogen-bond acceptors (Lipinski definition) is 4. The highest BCUT2D eigenvalue weighted by atomic mass is 16.3. The molecule has 0 aromatic carbocycles. The molecule has 1 amide bonds. The average Bonchev–Trinajstić information content (AvgIpc) is 3.15. The molecule has 3 atom stereocenters. The van der Waals surface area contributed by atoms with Crippen LogP contribution in [0.5, 0.6) is 0 Å². The standard InChI is InChI=1S/C15H17N3O2/c1-9-8-20-14-5-16-12(4-11(9)14)15(19)17-13-7-18-3-2-10(13)6-18/h4-5,8,10,13H,2-3,6-7H2,1H3,(H,17,19)/t10?,13-/m1/s1. The predicted octanol–water partition coefficient (Wildman–Crippen LogP) is 1.57. The molecule has 2 aliphatic rings. The van der Waals surface area contributed by atoms with Crippen LogP contribution in [0.4, 0.5) is 0 Å². The number of amides is 1. The topological polar surface area (TPSA) is 58.4 Å². The highest BCUT2D eigenvalue weighted by Gasteiger charge is 2.38. The summed E-state index contributed by atoms with van der Waals surface area (Å²) in [6.45, 7) is 5.24. The van der Waals surface area contributed by atoms with E-state index in [2.05, 4.69) is 15.2 Å². The fraction of sp³-hybridized carbons (Fsp3) is 0.467. The van der Waals surface area contributed by atoms with Gasteiger partial charge >= 0.3 is 0 Å². The van der Waals surface area contributed by atoms with Crippen LogP contribution < -0.4 is 5.32 Å². The lowest BCUT2D eigenvalue weighted by molar-refractivity contribution is 0.0919. The van der Waals surface area contributed by atoms with Crippen LogP contribution in [0.3, 0.4) is 0 Å². The first kappa shape index (κ1) is 11.9. The summed E-state index contributed by atoms with van der Waals surface area (Å²) in [6, 6.07) is 2.09.